The van der Waals surface area contributed by atoms with Crippen molar-refractivity contribution in [2.45, 2.75) is 52.2 Å². The summed E-state index contributed by atoms with van der Waals surface area (Å²) in [4.78, 5) is 4.59. The van der Waals surface area contributed by atoms with E-state index in [1.807, 2.05) is 0 Å². The Bertz CT molecular complexity index is 337. The summed E-state index contributed by atoms with van der Waals surface area (Å²) in [6.07, 6.45) is 1.94. The molecule has 1 aliphatic rings. The second-order valence-electron chi connectivity index (χ2n) is 6.16. The SMILES string of the molecule is CCNC(=NCCCOC)NC1CC(C)(OC)C1(C)C.I. The van der Waals surface area contributed by atoms with Crippen LogP contribution in [0.4, 0.5) is 0 Å². The number of hydrogen-bond acceptors (Lipinski definition) is 3. The third-order valence-corrected chi connectivity index (χ3v) is 4.71. The highest BCUT2D eigenvalue weighted by Crippen LogP contribution is 2.51. The molecule has 21 heavy (non-hydrogen) atoms. The van der Waals surface area contributed by atoms with Crippen molar-refractivity contribution in [3.8, 4) is 0 Å². The molecular formula is C15H32IN3O2. The normalized spacial score (nSPS) is 27.5. The molecule has 0 bridgehead atoms. The molecule has 1 rings (SSSR count). The summed E-state index contributed by atoms with van der Waals surface area (Å²) in [5, 5.41) is 6.83. The molecule has 0 aromatic carbocycles. The van der Waals surface area contributed by atoms with Crippen LogP contribution in [0.3, 0.4) is 0 Å². The number of rotatable bonds is 7. The molecule has 0 amide bonds. The number of ether oxygens (including phenoxy) is 2. The predicted molar refractivity (Wildman–Crippen MR) is 98.6 cm³/mol. The molecular weight excluding hydrogens is 381 g/mol. The van der Waals surface area contributed by atoms with Gasteiger partial charge in [0.1, 0.15) is 0 Å². The summed E-state index contributed by atoms with van der Waals surface area (Å²) >= 11 is 0. The van der Waals surface area contributed by atoms with E-state index in [1.54, 1.807) is 14.2 Å². The molecule has 0 saturated heterocycles. The lowest BCUT2D eigenvalue weighted by atomic mass is 9.56. The molecule has 6 heteroatoms. The highest BCUT2D eigenvalue weighted by atomic mass is 127. The van der Waals surface area contributed by atoms with Gasteiger partial charge in [0, 0.05) is 45.4 Å². The molecule has 2 atom stereocenters. The van der Waals surface area contributed by atoms with E-state index >= 15 is 0 Å². The van der Waals surface area contributed by atoms with E-state index in [0.717, 1.165) is 38.5 Å². The second kappa shape index (κ2) is 9.15. The molecule has 126 valence electrons. The van der Waals surface area contributed by atoms with Gasteiger partial charge < -0.3 is 20.1 Å². The Morgan fingerprint density at radius 1 is 1.29 bits per heavy atom. The summed E-state index contributed by atoms with van der Waals surface area (Å²) in [6, 6.07) is 0.382. The van der Waals surface area contributed by atoms with Crippen LogP contribution in [0.25, 0.3) is 0 Å². The summed E-state index contributed by atoms with van der Waals surface area (Å²) < 4.78 is 10.7. The maximum Gasteiger partial charge on any atom is 0.191 e. The first kappa shape index (κ1) is 20.9. The van der Waals surface area contributed by atoms with E-state index in [1.165, 1.54) is 0 Å². The average Bonchev–Trinajstić information content (AvgIpc) is 2.42. The minimum Gasteiger partial charge on any atom is -0.385 e. The minimum absolute atomic E-state index is 0. The fourth-order valence-corrected chi connectivity index (χ4v) is 2.61. The molecule has 0 heterocycles. The highest BCUT2D eigenvalue weighted by Gasteiger charge is 2.57. The van der Waals surface area contributed by atoms with E-state index in [9.17, 15) is 0 Å². The van der Waals surface area contributed by atoms with Crippen molar-refractivity contribution in [1.29, 1.82) is 0 Å². The molecule has 0 radical (unpaired) electrons. The average molecular weight is 413 g/mol. The topological polar surface area (TPSA) is 54.9 Å². The molecule has 0 aliphatic heterocycles. The molecule has 0 aromatic rings. The van der Waals surface area contributed by atoms with E-state index < -0.39 is 0 Å². The van der Waals surface area contributed by atoms with Gasteiger partial charge in [-0.3, -0.25) is 4.99 Å². The van der Waals surface area contributed by atoms with Crippen LogP contribution in [0.2, 0.25) is 0 Å². The monoisotopic (exact) mass is 413 g/mol. The van der Waals surface area contributed by atoms with Crippen LogP contribution in [0.5, 0.6) is 0 Å². The van der Waals surface area contributed by atoms with E-state index in [2.05, 4.69) is 43.3 Å². The third-order valence-electron chi connectivity index (χ3n) is 4.71. The first-order valence-electron chi connectivity index (χ1n) is 7.50. The summed E-state index contributed by atoms with van der Waals surface area (Å²) in [7, 11) is 3.51. The maximum atomic E-state index is 5.66. The molecule has 0 aromatic heterocycles. The number of aliphatic imine (C=N–C) groups is 1. The zero-order chi connectivity index (χ0) is 15.2. The molecule has 1 fully saturated rings. The van der Waals surface area contributed by atoms with Gasteiger partial charge in [-0.1, -0.05) is 13.8 Å². The van der Waals surface area contributed by atoms with Crippen LogP contribution in [0.1, 0.15) is 40.5 Å². The van der Waals surface area contributed by atoms with Crippen LogP contribution >= 0.6 is 24.0 Å². The van der Waals surface area contributed by atoms with Gasteiger partial charge in [-0.15, -0.1) is 24.0 Å². The van der Waals surface area contributed by atoms with Crippen LogP contribution in [0, 0.1) is 5.41 Å². The lowest BCUT2D eigenvalue weighted by molar-refractivity contribution is -0.176. The largest absolute Gasteiger partial charge is 0.385 e. The van der Waals surface area contributed by atoms with Crippen molar-refractivity contribution >= 4 is 29.9 Å². The van der Waals surface area contributed by atoms with E-state index in [4.69, 9.17) is 9.47 Å². The zero-order valence-corrected chi connectivity index (χ0v) is 16.6. The molecule has 2 N–H and O–H groups in total. The predicted octanol–water partition coefficient (Wildman–Crippen LogP) is 2.40. The lowest BCUT2D eigenvalue weighted by Gasteiger charge is -2.59. The fourth-order valence-electron chi connectivity index (χ4n) is 2.61. The summed E-state index contributed by atoms with van der Waals surface area (Å²) in [5.74, 6) is 0.889. The number of hydrogen-bond donors (Lipinski definition) is 2. The van der Waals surface area contributed by atoms with Gasteiger partial charge in [-0.2, -0.15) is 0 Å². The van der Waals surface area contributed by atoms with Gasteiger partial charge in [0.25, 0.3) is 0 Å². The van der Waals surface area contributed by atoms with Crippen molar-refractivity contribution in [3.05, 3.63) is 0 Å². The van der Waals surface area contributed by atoms with Gasteiger partial charge in [0.2, 0.25) is 0 Å². The van der Waals surface area contributed by atoms with E-state index in [-0.39, 0.29) is 35.0 Å². The molecule has 1 saturated carbocycles. The van der Waals surface area contributed by atoms with Crippen molar-refractivity contribution in [3.63, 3.8) is 0 Å². The van der Waals surface area contributed by atoms with Crippen LogP contribution in [0.15, 0.2) is 4.99 Å². The molecule has 5 nitrogen and oxygen atoms in total. The Kier molecular flexibility index (Phi) is 9.11. The smallest absolute Gasteiger partial charge is 0.191 e. The third kappa shape index (κ3) is 4.96. The summed E-state index contributed by atoms with van der Waals surface area (Å²) in [5.41, 5.74) is 0.0303. The number of methoxy groups -OCH3 is 2. The molecule has 1 aliphatic carbocycles. The maximum absolute atomic E-state index is 5.66. The van der Waals surface area contributed by atoms with Crippen molar-refractivity contribution in [2.75, 3.05) is 33.9 Å². The van der Waals surface area contributed by atoms with Crippen LogP contribution in [-0.4, -0.2) is 51.5 Å². The number of guanidine groups is 1. The van der Waals surface area contributed by atoms with Gasteiger partial charge in [0.15, 0.2) is 5.96 Å². The minimum atomic E-state index is -0.0575. The fraction of sp³-hybridized carbons (Fsp3) is 0.933. The van der Waals surface area contributed by atoms with Gasteiger partial charge in [-0.05, 0) is 26.7 Å². The van der Waals surface area contributed by atoms with E-state index in [0.29, 0.717) is 6.04 Å². The van der Waals surface area contributed by atoms with Crippen LogP contribution < -0.4 is 10.6 Å². The Hall–Kier alpha value is -0.0800. The van der Waals surface area contributed by atoms with Gasteiger partial charge in [0.05, 0.1) is 5.60 Å². The number of nitrogens with zero attached hydrogens (tertiary/aromatic N) is 1. The Morgan fingerprint density at radius 2 is 1.95 bits per heavy atom. The molecule has 0 spiro atoms. The zero-order valence-electron chi connectivity index (χ0n) is 14.3. The first-order valence-corrected chi connectivity index (χ1v) is 7.50. The standard InChI is InChI=1S/C15H31N3O2.HI/c1-7-16-13(17-9-8-10-19-5)18-12-11-15(4,20-6)14(12,2)3;/h12H,7-11H2,1-6H3,(H2,16,17,18);1H. The summed E-state index contributed by atoms with van der Waals surface area (Å²) in [6.45, 7) is 11.1. The second-order valence-corrected chi connectivity index (χ2v) is 6.16. The Labute approximate surface area is 146 Å². The molecule has 2 unspecified atom stereocenters. The van der Waals surface area contributed by atoms with Gasteiger partial charge in [-0.25, -0.2) is 0 Å². The number of halogens is 1. The Balaban J connectivity index is 0.00000400. The quantitative estimate of drug-likeness (QED) is 0.291. The first-order chi connectivity index (χ1) is 9.41. The highest BCUT2D eigenvalue weighted by molar-refractivity contribution is 14.0. The van der Waals surface area contributed by atoms with Gasteiger partial charge >= 0.3 is 0 Å². The van der Waals surface area contributed by atoms with Crippen molar-refractivity contribution in [1.82, 2.24) is 10.6 Å². The van der Waals surface area contributed by atoms with Crippen molar-refractivity contribution < 1.29 is 9.47 Å². The lowest BCUT2D eigenvalue weighted by Crippen LogP contribution is -2.69. The number of nitrogens with one attached hydrogen (secondary N) is 2. The Morgan fingerprint density at radius 3 is 2.43 bits per heavy atom. The van der Waals surface area contributed by atoms with Crippen molar-refractivity contribution in [2.24, 2.45) is 10.4 Å². The van der Waals surface area contributed by atoms with Crippen LogP contribution in [-0.2, 0) is 9.47 Å².